The molecule has 0 unspecified atom stereocenters. The monoisotopic (exact) mass is 352 g/mol. The minimum absolute atomic E-state index is 0.689. The second-order valence-corrected chi connectivity index (χ2v) is 7.49. The van der Waals surface area contributed by atoms with Crippen molar-refractivity contribution in [1.82, 2.24) is 0 Å². The summed E-state index contributed by atoms with van der Waals surface area (Å²) in [5.74, 6) is 1.82. The highest BCUT2D eigenvalue weighted by atomic mass is 32.2. The zero-order valence-corrected chi connectivity index (χ0v) is 16.1. The van der Waals surface area contributed by atoms with Crippen LogP contribution in [0.2, 0.25) is 0 Å². The van der Waals surface area contributed by atoms with Gasteiger partial charge in [0.2, 0.25) is 0 Å². The average molecular weight is 353 g/mol. The summed E-state index contributed by atoms with van der Waals surface area (Å²) in [6.45, 7) is 9.70. The maximum Gasteiger partial charge on any atom is 0.0440 e. The predicted molar refractivity (Wildman–Crippen MR) is 113 cm³/mol. The maximum atomic E-state index is 4.33. The van der Waals surface area contributed by atoms with Gasteiger partial charge in [-0.15, -0.1) is 0 Å². The molecule has 0 aromatic heterocycles. The Labute approximate surface area is 156 Å². The van der Waals surface area contributed by atoms with Gasteiger partial charge in [0, 0.05) is 29.4 Å². The van der Waals surface area contributed by atoms with E-state index in [1.54, 1.807) is 11.9 Å². The molecule has 0 atom stereocenters. The molecule has 1 saturated carbocycles. The van der Waals surface area contributed by atoms with Gasteiger partial charge in [0.05, 0.1) is 0 Å². The number of nitrogens with zero attached hydrogens (tertiary/aromatic N) is 1. The number of rotatable bonds is 9. The quantitative estimate of drug-likeness (QED) is 0.405. The third-order valence-corrected chi connectivity index (χ3v) is 5.58. The number of hydrogen-bond acceptors (Lipinski definition) is 3. The Morgan fingerprint density at radius 2 is 1.88 bits per heavy atom. The standard InChI is InChI=1S/C22H28N2S/c1-4-15-25-23-21-13-11-19(12-14-21)20-7-6-8-22(16-20)24(5-2)17(3)18-9-10-18/h6-8,11-14,16,18,23H,3-5,9-10,15H2,1-2H3. The van der Waals surface area contributed by atoms with Crippen molar-refractivity contribution in [3.05, 3.63) is 60.8 Å². The van der Waals surface area contributed by atoms with Crippen molar-refractivity contribution in [3.63, 3.8) is 0 Å². The number of allylic oxidation sites excluding steroid dienone is 1. The Hall–Kier alpha value is -1.87. The lowest BCUT2D eigenvalue weighted by molar-refractivity contribution is 0.858. The summed E-state index contributed by atoms with van der Waals surface area (Å²) >= 11 is 1.76. The molecule has 25 heavy (non-hydrogen) atoms. The van der Waals surface area contributed by atoms with Gasteiger partial charge < -0.3 is 9.62 Å². The number of hydrogen-bond donors (Lipinski definition) is 1. The van der Waals surface area contributed by atoms with Gasteiger partial charge in [-0.25, -0.2) is 0 Å². The van der Waals surface area contributed by atoms with Gasteiger partial charge in [-0.1, -0.05) is 49.7 Å². The summed E-state index contributed by atoms with van der Waals surface area (Å²) in [4.78, 5) is 2.36. The predicted octanol–water partition coefficient (Wildman–Crippen LogP) is 6.57. The molecule has 3 heteroatoms. The van der Waals surface area contributed by atoms with Crippen LogP contribution in [-0.4, -0.2) is 12.3 Å². The molecule has 2 aromatic carbocycles. The maximum absolute atomic E-state index is 4.33. The molecule has 1 fully saturated rings. The lowest BCUT2D eigenvalue weighted by Gasteiger charge is -2.26. The summed E-state index contributed by atoms with van der Waals surface area (Å²) in [5, 5.41) is 0. The summed E-state index contributed by atoms with van der Waals surface area (Å²) in [5.41, 5.74) is 6.19. The third kappa shape index (κ3) is 4.60. The molecule has 3 rings (SSSR count). The summed E-state index contributed by atoms with van der Waals surface area (Å²) < 4.78 is 3.39. The lowest BCUT2D eigenvalue weighted by atomic mass is 10.0. The van der Waals surface area contributed by atoms with Crippen LogP contribution in [-0.2, 0) is 0 Å². The number of anilines is 2. The highest BCUT2D eigenvalue weighted by Crippen LogP contribution is 2.39. The van der Waals surface area contributed by atoms with Crippen LogP contribution in [0.4, 0.5) is 11.4 Å². The summed E-state index contributed by atoms with van der Waals surface area (Å²) in [7, 11) is 0. The first kappa shape index (κ1) is 17.9. The molecule has 1 aliphatic rings. The normalized spacial score (nSPS) is 13.5. The largest absolute Gasteiger partial charge is 0.346 e. The lowest BCUT2D eigenvalue weighted by Crippen LogP contribution is -2.22. The molecule has 1 N–H and O–H groups in total. The summed E-state index contributed by atoms with van der Waals surface area (Å²) in [6, 6.07) is 17.5. The summed E-state index contributed by atoms with van der Waals surface area (Å²) in [6.07, 6.45) is 3.77. The van der Waals surface area contributed by atoms with Gasteiger partial charge in [-0.2, -0.15) is 0 Å². The molecule has 0 heterocycles. The van der Waals surface area contributed by atoms with E-state index in [2.05, 4.69) is 78.6 Å². The van der Waals surface area contributed by atoms with E-state index in [-0.39, 0.29) is 0 Å². The number of nitrogens with one attached hydrogen (secondary N) is 1. The highest BCUT2D eigenvalue weighted by molar-refractivity contribution is 8.00. The minimum Gasteiger partial charge on any atom is -0.346 e. The topological polar surface area (TPSA) is 15.3 Å². The van der Waals surface area contributed by atoms with E-state index < -0.39 is 0 Å². The van der Waals surface area contributed by atoms with Crippen LogP contribution in [0, 0.1) is 5.92 Å². The van der Waals surface area contributed by atoms with Crippen molar-refractivity contribution in [1.29, 1.82) is 0 Å². The van der Waals surface area contributed by atoms with Crippen molar-refractivity contribution in [2.45, 2.75) is 33.1 Å². The van der Waals surface area contributed by atoms with E-state index in [4.69, 9.17) is 0 Å². The van der Waals surface area contributed by atoms with Gasteiger partial charge in [-0.3, -0.25) is 0 Å². The fourth-order valence-corrected chi connectivity index (χ4v) is 3.62. The van der Waals surface area contributed by atoms with Gasteiger partial charge in [-0.05, 0) is 67.5 Å². The van der Waals surface area contributed by atoms with E-state index in [0.29, 0.717) is 5.92 Å². The van der Waals surface area contributed by atoms with Crippen molar-refractivity contribution >= 4 is 23.3 Å². The first-order valence-electron chi connectivity index (χ1n) is 9.27. The molecular formula is C22H28N2S. The van der Waals surface area contributed by atoms with E-state index >= 15 is 0 Å². The molecule has 0 bridgehead atoms. The Bertz CT molecular complexity index is 704. The Balaban J connectivity index is 1.75. The SMILES string of the molecule is C=C(C1CC1)N(CC)c1cccc(-c2ccc(NSCCC)cc2)c1. The minimum atomic E-state index is 0.689. The van der Waals surface area contributed by atoms with Crippen LogP contribution < -0.4 is 9.62 Å². The van der Waals surface area contributed by atoms with Crippen molar-refractivity contribution in [2.24, 2.45) is 5.92 Å². The zero-order valence-electron chi connectivity index (χ0n) is 15.3. The van der Waals surface area contributed by atoms with E-state index in [1.165, 1.54) is 41.8 Å². The van der Waals surface area contributed by atoms with Crippen LogP contribution in [0.1, 0.15) is 33.1 Å². The Morgan fingerprint density at radius 3 is 2.52 bits per heavy atom. The molecule has 1 aliphatic carbocycles. The number of benzene rings is 2. The second-order valence-electron chi connectivity index (χ2n) is 6.59. The van der Waals surface area contributed by atoms with Crippen LogP contribution >= 0.6 is 11.9 Å². The van der Waals surface area contributed by atoms with Gasteiger partial charge >= 0.3 is 0 Å². The second kappa shape index (κ2) is 8.48. The van der Waals surface area contributed by atoms with Crippen molar-refractivity contribution in [3.8, 4) is 11.1 Å². The molecular weight excluding hydrogens is 324 g/mol. The zero-order chi connectivity index (χ0) is 17.6. The third-order valence-electron chi connectivity index (χ3n) is 4.58. The van der Waals surface area contributed by atoms with E-state index in [1.807, 2.05) is 0 Å². The Kier molecular flexibility index (Phi) is 6.09. The first-order chi connectivity index (χ1) is 12.2. The van der Waals surface area contributed by atoms with E-state index in [0.717, 1.165) is 18.0 Å². The smallest absolute Gasteiger partial charge is 0.0440 e. The molecule has 0 saturated heterocycles. The van der Waals surface area contributed by atoms with Gasteiger partial charge in [0.1, 0.15) is 0 Å². The molecule has 0 spiro atoms. The molecule has 0 radical (unpaired) electrons. The van der Waals surface area contributed by atoms with Crippen LogP contribution in [0.5, 0.6) is 0 Å². The van der Waals surface area contributed by atoms with E-state index in [9.17, 15) is 0 Å². The van der Waals surface area contributed by atoms with Crippen LogP contribution in [0.3, 0.4) is 0 Å². The van der Waals surface area contributed by atoms with Gasteiger partial charge in [0.25, 0.3) is 0 Å². The van der Waals surface area contributed by atoms with Crippen LogP contribution in [0.15, 0.2) is 60.8 Å². The molecule has 2 aromatic rings. The van der Waals surface area contributed by atoms with Crippen LogP contribution in [0.25, 0.3) is 11.1 Å². The first-order valence-corrected chi connectivity index (χ1v) is 10.3. The Morgan fingerprint density at radius 1 is 1.12 bits per heavy atom. The highest BCUT2D eigenvalue weighted by Gasteiger charge is 2.28. The molecule has 132 valence electrons. The van der Waals surface area contributed by atoms with Gasteiger partial charge in [0.15, 0.2) is 0 Å². The fourth-order valence-electron chi connectivity index (χ4n) is 3.01. The molecule has 2 nitrogen and oxygen atoms in total. The fraction of sp³-hybridized carbons (Fsp3) is 0.364. The average Bonchev–Trinajstić information content (AvgIpc) is 3.49. The van der Waals surface area contributed by atoms with Crippen molar-refractivity contribution in [2.75, 3.05) is 21.9 Å². The van der Waals surface area contributed by atoms with Crippen molar-refractivity contribution < 1.29 is 0 Å². The molecule has 0 amide bonds. The molecule has 0 aliphatic heterocycles.